The van der Waals surface area contributed by atoms with Gasteiger partial charge in [-0.05, 0) is 131 Å². The monoisotopic (exact) mass is 905 g/mol. The Morgan fingerprint density at radius 3 is 0.958 bits per heavy atom. The van der Waals surface area contributed by atoms with Crippen LogP contribution in [0.15, 0.2) is 245 Å². The van der Waals surface area contributed by atoms with Crippen LogP contribution in [-0.4, -0.2) is 13.7 Å². The first kappa shape index (κ1) is 38.4. The average Bonchev–Trinajstić information content (AvgIpc) is 4.24. The summed E-state index contributed by atoms with van der Waals surface area (Å²) in [5.41, 5.74) is 18.6. The van der Waals surface area contributed by atoms with E-state index in [4.69, 9.17) is 8.83 Å². The molecule has 330 valence electrons. The molecule has 0 unspecified atom stereocenters. The van der Waals surface area contributed by atoms with Crippen LogP contribution in [0.2, 0.25) is 0 Å². The molecular formula is C66H39N3O2. The molecule has 5 heteroatoms. The maximum atomic E-state index is 6.37. The van der Waals surface area contributed by atoms with Gasteiger partial charge in [0, 0.05) is 83.1 Å². The highest BCUT2D eigenvalue weighted by Crippen LogP contribution is 2.42. The number of para-hydroxylation sites is 5. The van der Waals surface area contributed by atoms with Gasteiger partial charge in [0.1, 0.15) is 22.3 Å². The highest BCUT2D eigenvalue weighted by atomic mass is 16.3. The van der Waals surface area contributed by atoms with Gasteiger partial charge in [-0.2, -0.15) is 0 Å². The number of nitrogens with zero attached hydrogens (tertiary/aromatic N) is 3. The smallest absolute Gasteiger partial charge is 0.137 e. The first-order chi connectivity index (χ1) is 35.2. The fourth-order valence-electron chi connectivity index (χ4n) is 11.8. The fourth-order valence-corrected chi connectivity index (χ4v) is 11.8. The Balaban J connectivity index is 0.844. The summed E-state index contributed by atoms with van der Waals surface area (Å²) in [7, 11) is 0. The minimum Gasteiger partial charge on any atom is -0.456 e. The first-order valence-corrected chi connectivity index (χ1v) is 24.2. The van der Waals surface area contributed by atoms with Crippen molar-refractivity contribution in [3.8, 4) is 39.3 Å². The summed E-state index contributed by atoms with van der Waals surface area (Å²) in [5, 5.41) is 11.8. The van der Waals surface area contributed by atoms with E-state index in [1.807, 2.05) is 24.3 Å². The van der Waals surface area contributed by atoms with Crippen LogP contribution in [0.4, 0.5) is 0 Å². The molecule has 5 heterocycles. The van der Waals surface area contributed by atoms with Gasteiger partial charge < -0.3 is 22.5 Å². The molecule has 0 amide bonds. The Hall–Kier alpha value is -9.58. The number of benzene rings is 11. The van der Waals surface area contributed by atoms with Crippen molar-refractivity contribution in [2.45, 2.75) is 0 Å². The van der Waals surface area contributed by atoms with Gasteiger partial charge in [-0.15, -0.1) is 0 Å². The lowest BCUT2D eigenvalue weighted by atomic mass is 9.98. The Kier molecular flexibility index (Phi) is 7.82. The zero-order valence-corrected chi connectivity index (χ0v) is 38.2. The predicted molar refractivity (Wildman–Crippen MR) is 295 cm³/mol. The Morgan fingerprint density at radius 2 is 0.521 bits per heavy atom. The minimum atomic E-state index is 0.888. The van der Waals surface area contributed by atoms with Gasteiger partial charge >= 0.3 is 0 Å². The second kappa shape index (κ2) is 14.5. The molecule has 0 bridgehead atoms. The maximum absolute atomic E-state index is 6.37. The number of furan rings is 2. The molecule has 5 nitrogen and oxygen atoms in total. The number of fused-ring (bicyclic) bond motifs is 15. The molecule has 0 spiro atoms. The van der Waals surface area contributed by atoms with Crippen molar-refractivity contribution < 1.29 is 8.83 Å². The van der Waals surface area contributed by atoms with Crippen LogP contribution in [0.1, 0.15) is 0 Å². The van der Waals surface area contributed by atoms with E-state index in [9.17, 15) is 0 Å². The second-order valence-electron chi connectivity index (χ2n) is 18.9. The molecular weight excluding hydrogens is 867 g/mol. The molecule has 0 fully saturated rings. The van der Waals surface area contributed by atoms with Crippen LogP contribution in [0, 0.1) is 0 Å². The summed E-state index contributed by atoms with van der Waals surface area (Å²) >= 11 is 0. The highest BCUT2D eigenvalue weighted by Gasteiger charge is 2.20. The van der Waals surface area contributed by atoms with Crippen molar-refractivity contribution in [1.29, 1.82) is 0 Å². The Bertz CT molecular complexity index is 4590. The van der Waals surface area contributed by atoms with E-state index in [2.05, 4.69) is 226 Å². The van der Waals surface area contributed by atoms with Crippen molar-refractivity contribution in [1.82, 2.24) is 13.7 Å². The van der Waals surface area contributed by atoms with Gasteiger partial charge in [-0.25, -0.2) is 0 Å². The number of aromatic nitrogens is 3. The summed E-state index contributed by atoms with van der Waals surface area (Å²) in [6.07, 6.45) is 0. The van der Waals surface area contributed by atoms with Gasteiger partial charge in [0.15, 0.2) is 0 Å². The molecule has 16 rings (SSSR count). The zero-order valence-electron chi connectivity index (χ0n) is 38.2. The standard InChI is InChI=1S/C66H39N3O2/c1-2-12-44(13-3-1)67-61-32-24-42(40-22-30-59-53(34-40)47-14-4-8-18-57(47)68(59)45-26-28-51-49-16-6-10-20-63(49)70-65(51)38-45)36-55(61)56-37-43(25-33-62(56)67)41-23-31-60-54(35-41)48-15-5-9-19-58(48)69(60)46-27-29-52-50-17-7-11-21-64(50)71-66(52)39-46/h1-39H. The molecule has 0 aliphatic rings. The van der Waals surface area contributed by atoms with E-state index in [0.717, 1.165) is 83.0 Å². The molecule has 71 heavy (non-hydrogen) atoms. The largest absolute Gasteiger partial charge is 0.456 e. The third-order valence-corrected chi connectivity index (χ3v) is 15.0. The summed E-state index contributed by atoms with van der Waals surface area (Å²) in [4.78, 5) is 0. The molecule has 16 aromatic rings. The molecule has 0 saturated heterocycles. The lowest BCUT2D eigenvalue weighted by Gasteiger charge is -2.10. The Morgan fingerprint density at radius 1 is 0.197 bits per heavy atom. The third kappa shape index (κ3) is 5.57. The SMILES string of the molecule is c1ccc(-n2c3ccc(-c4ccc5c(c4)c4ccccc4n5-c4ccc5c(c4)oc4ccccc45)cc3c3cc(-c4ccc5c(c4)c4ccccc4n5-c4ccc5c(c4)oc4ccccc45)ccc32)cc1. The normalized spacial score (nSPS) is 12.2. The molecule has 0 aliphatic heterocycles. The molecule has 0 aliphatic carbocycles. The van der Waals surface area contributed by atoms with Crippen molar-refractivity contribution in [3.05, 3.63) is 237 Å². The van der Waals surface area contributed by atoms with Crippen LogP contribution < -0.4 is 0 Å². The summed E-state index contributed by atoms with van der Waals surface area (Å²) in [6.45, 7) is 0. The summed E-state index contributed by atoms with van der Waals surface area (Å²) in [6, 6.07) is 85.8. The summed E-state index contributed by atoms with van der Waals surface area (Å²) < 4.78 is 19.9. The van der Waals surface area contributed by atoms with E-state index in [-0.39, 0.29) is 0 Å². The summed E-state index contributed by atoms with van der Waals surface area (Å²) in [5.74, 6) is 0. The van der Waals surface area contributed by atoms with E-state index in [1.165, 1.54) is 65.6 Å². The number of hydrogen-bond acceptors (Lipinski definition) is 2. The quantitative estimate of drug-likeness (QED) is 0.173. The van der Waals surface area contributed by atoms with Gasteiger partial charge in [0.25, 0.3) is 0 Å². The van der Waals surface area contributed by atoms with Crippen molar-refractivity contribution >= 4 is 109 Å². The van der Waals surface area contributed by atoms with Crippen LogP contribution in [0.5, 0.6) is 0 Å². The number of rotatable bonds is 5. The lowest BCUT2D eigenvalue weighted by Crippen LogP contribution is -1.93. The average molecular weight is 906 g/mol. The van der Waals surface area contributed by atoms with Gasteiger partial charge in [0.05, 0.1) is 33.1 Å². The molecule has 0 saturated carbocycles. The van der Waals surface area contributed by atoms with Crippen molar-refractivity contribution in [2.75, 3.05) is 0 Å². The van der Waals surface area contributed by atoms with Gasteiger partial charge in [-0.1, -0.05) is 115 Å². The van der Waals surface area contributed by atoms with Gasteiger partial charge in [-0.3, -0.25) is 0 Å². The van der Waals surface area contributed by atoms with Crippen LogP contribution in [0.25, 0.3) is 149 Å². The fraction of sp³-hybridized carbons (Fsp3) is 0. The van der Waals surface area contributed by atoms with E-state index < -0.39 is 0 Å². The third-order valence-electron chi connectivity index (χ3n) is 15.0. The van der Waals surface area contributed by atoms with Crippen LogP contribution in [-0.2, 0) is 0 Å². The molecule has 0 atom stereocenters. The second-order valence-corrected chi connectivity index (χ2v) is 18.9. The van der Waals surface area contributed by atoms with E-state index in [0.29, 0.717) is 0 Å². The Labute approximate surface area is 405 Å². The topological polar surface area (TPSA) is 41.1 Å². The highest BCUT2D eigenvalue weighted by molar-refractivity contribution is 6.15. The maximum Gasteiger partial charge on any atom is 0.137 e. The lowest BCUT2D eigenvalue weighted by molar-refractivity contribution is 0.668. The minimum absolute atomic E-state index is 0.888. The van der Waals surface area contributed by atoms with Gasteiger partial charge in [0.2, 0.25) is 0 Å². The molecule has 0 N–H and O–H groups in total. The zero-order chi connectivity index (χ0) is 46.3. The molecule has 0 radical (unpaired) electrons. The predicted octanol–water partition coefficient (Wildman–Crippen LogP) is 18.1. The van der Waals surface area contributed by atoms with E-state index in [1.54, 1.807) is 0 Å². The van der Waals surface area contributed by atoms with Crippen molar-refractivity contribution in [3.63, 3.8) is 0 Å². The van der Waals surface area contributed by atoms with Crippen molar-refractivity contribution in [2.24, 2.45) is 0 Å². The van der Waals surface area contributed by atoms with Crippen LogP contribution >= 0.6 is 0 Å². The molecule has 5 aromatic heterocycles. The van der Waals surface area contributed by atoms with E-state index >= 15 is 0 Å². The molecule has 11 aromatic carbocycles. The number of hydrogen-bond donors (Lipinski definition) is 0. The first-order valence-electron chi connectivity index (χ1n) is 24.2. The van der Waals surface area contributed by atoms with Crippen LogP contribution in [0.3, 0.4) is 0 Å².